The molecule has 1 aromatic heterocycles. The number of hydrogen-bond donors (Lipinski definition) is 1. The van der Waals surface area contributed by atoms with E-state index >= 15 is 0 Å². The highest BCUT2D eigenvalue weighted by Gasteiger charge is 2.13. The predicted molar refractivity (Wildman–Crippen MR) is 80.4 cm³/mol. The van der Waals surface area contributed by atoms with Crippen molar-refractivity contribution >= 4 is 16.8 Å². The SMILES string of the molecule is COCCN(Cc1nc2ccc(N)cc2o1)CC(C)C. The fourth-order valence-corrected chi connectivity index (χ4v) is 2.22. The zero-order valence-corrected chi connectivity index (χ0v) is 12.4. The van der Waals surface area contributed by atoms with Crippen molar-refractivity contribution in [2.24, 2.45) is 5.92 Å². The summed E-state index contributed by atoms with van der Waals surface area (Å²) in [6.07, 6.45) is 0. The first kappa shape index (κ1) is 14.8. The second-order valence-corrected chi connectivity index (χ2v) is 5.46. The molecular weight excluding hydrogens is 254 g/mol. The van der Waals surface area contributed by atoms with Crippen molar-refractivity contribution in [2.75, 3.05) is 32.5 Å². The molecule has 0 saturated carbocycles. The Balaban J connectivity index is 2.10. The normalized spacial score (nSPS) is 11.8. The Labute approximate surface area is 119 Å². The van der Waals surface area contributed by atoms with Gasteiger partial charge in [-0.05, 0) is 18.1 Å². The fraction of sp³-hybridized carbons (Fsp3) is 0.533. The van der Waals surface area contributed by atoms with E-state index in [1.165, 1.54) is 0 Å². The lowest BCUT2D eigenvalue weighted by molar-refractivity contribution is 0.130. The number of methoxy groups -OCH3 is 1. The Morgan fingerprint density at radius 3 is 2.90 bits per heavy atom. The molecule has 0 radical (unpaired) electrons. The molecule has 2 N–H and O–H groups in total. The number of aromatic nitrogens is 1. The highest BCUT2D eigenvalue weighted by Crippen LogP contribution is 2.19. The van der Waals surface area contributed by atoms with E-state index in [2.05, 4.69) is 23.7 Å². The molecule has 0 aliphatic heterocycles. The van der Waals surface area contributed by atoms with Crippen molar-refractivity contribution in [3.63, 3.8) is 0 Å². The van der Waals surface area contributed by atoms with Crippen LogP contribution in [0.1, 0.15) is 19.7 Å². The number of nitrogen functional groups attached to an aromatic ring is 1. The van der Waals surface area contributed by atoms with Crippen LogP contribution < -0.4 is 5.73 Å². The Morgan fingerprint density at radius 1 is 1.40 bits per heavy atom. The van der Waals surface area contributed by atoms with Crippen LogP contribution in [0, 0.1) is 5.92 Å². The first-order chi connectivity index (χ1) is 9.58. The van der Waals surface area contributed by atoms with E-state index in [4.69, 9.17) is 14.9 Å². The van der Waals surface area contributed by atoms with E-state index < -0.39 is 0 Å². The average molecular weight is 277 g/mol. The van der Waals surface area contributed by atoms with Gasteiger partial charge in [0.25, 0.3) is 0 Å². The maximum atomic E-state index is 5.77. The van der Waals surface area contributed by atoms with Crippen LogP contribution in [0.15, 0.2) is 22.6 Å². The van der Waals surface area contributed by atoms with Gasteiger partial charge in [0.15, 0.2) is 5.58 Å². The third-order valence-electron chi connectivity index (χ3n) is 3.05. The van der Waals surface area contributed by atoms with Crippen molar-refractivity contribution in [1.82, 2.24) is 9.88 Å². The number of oxazole rings is 1. The molecule has 0 aliphatic rings. The number of ether oxygens (including phenoxy) is 1. The maximum absolute atomic E-state index is 5.77. The van der Waals surface area contributed by atoms with Crippen LogP contribution in [0.25, 0.3) is 11.1 Å². The quantitative estimate of drug-likeness (QED) is 0.788. The number of benzene rings is 1. The number of anilines is 1. The summed E-state index contributed by atoms with van der Waals surface area (Å²) in [5, 5.41) is 0. The van der Waals surface area contributed by atoms with Gasteiger partial charge in [0, 0.05) is 32.0 Å². The lowest BCUT2D eigenvalue weighted by Gasteiger charge is -2.22. The Bertz CT molecular complexity index is 551. The Kier molecular flexibility index (Phi) is 4.98. The molecule has 0 aliphatic carbocycles. The maximum Gasteiger partial charge on any atom is 0.209 e. The van der Waals surface area contributed by atoms with E-state index in [0.717, 1.165) is 30.1 Å². The standard InChI is InChI=1S/C15H23N3O2/c1-11(2)9-18(6-7-19-3)10-15-17-13-5-4-12(16)8-14(13)20-15/h4-5,8,11H,6-7,9-10,16H2,1-3H3. The van der Waals surface area contributed by atoms with E-state index in [1.54, 1.807) is 7.11 Å². The Hall–Kier alpha value is -1.59. The molecule has 1 aromatic carbocycles. The molecule has 0 atom stereocenters. The van der Waals surface area contributed by atoms with Crippen molar-refractivity contribution in [3.05, 3.63) is 24.1 Å². The summed E-state index contributed by atoms with van der Waals surface area (Å²) in [5.41, 5.74) is 8.04. The molecule has 2 aromatic rings. The Morgan fingerprint density at radius 2 is 2.20 bits per heavy atom. The lowest BCUT2D eigenvalue weighted by atomic mass is 10.2. The van der Waals surface area contributed by atoms with E-state index in [1.807, 2.05) is 18.2 Å². The van der Waals surface area contributed by atoms with E-state index in [-0.39, 0.29) is 0 Å². The number of nitrogens with zero attached hydrogens (tertiary/aromatic N) is 2. The van der Waals surface area contributed by atoms with Crippen LogP contribution in [-0.2, 0) is 11.3 Å². The highest BCUT2D eigenvalue weighted by molar-refractivity contribution is 5.76. The summed E-state index contributed by atoms with van der Waals surface area (Å²) in [6, 6.07) is 5.54. The van der Waals surface area contributed by atoms with Crippen LogP contribution in [-0.4, -0.2) is 36.7 Å². The summed E-state index contributed by atoms with van der Waals surface area (Å²) in [5.74, 6) is 1.31. The van der Waals surface area contributed by atoms with E-state index in [9.17, 15) is 0 Å². The van der Waals surface area contributed by atoms with Gasteiger partial charge in [0.2, 0.25) is 5.89 Å². The van der Waals surface area contributed by atoms with Crippen LogP contribution in [0.3, 0.4) is 0 Å². The summed E-state index contributed by atoms with van der Waals surface area (Å²) in [7, 11) is 1.72. The molecule has 0 fully saturated rings. The lowest BCUT2D eigenvalue weighted by Crippen LogP contribution is -2.30. The van der Waals surface area contributed by atoms with E-state index in [0.29, 0.717) is 24.8 Å². The van der Waals surface area contributed by atoms with Gasteiger partial charge in [-0.2, -0.15) is 0 Å². The molecule has 2 rings (SSSR count). The van der Waals surface area contributed by atoms with Crippen molar-refractivity contribution in [3.8, 4) is 0 Å². The number of rotatable bonds is 7. The minimum Gasteiger partial charge on any atom is -0.439 e. The number of hydrogen-bond acceptors (Lipinski definition) is 5. The molecule has 5 heteroatoms. The van der Waals surface area contributed by atoms with Gasteiger partial charge in [0.05, 0.1) is 13.2 Å². The molecule has 1 heterocycles. The zero-order chi connectivity index (χ0) is 14.5. The molecule has 0 unspecified atom stereocenters. The smallest absolute Gasteiger partial charge is 0.209 e. The summed E-state index contributed by atoms with van der Waals surface area (Å²) >= 11 is 0. The zero-order valence-electron chi connectivity index (χ0n) is 12.4. The topological polar surface area (TPSA) is 64.5 Å². The summed E-state index contributed by atoms with van der Waals surface area (Å²) < 4.78 is 10.9. The molecule has 0 amide bonds. The summed E-state index contributed by atoms with van der Waals surface area (Å²) in [4.78, 5) is 6.80. The van der Waals surface area contributed by atoms with Gasteiger partial charge in [-0.1, -0.05) is 13.8 Å². The van der Waals surface area contributed by atoms with Gasteiger partial charge < -0.3 is 14.9 Å². The van der Waals surface area contributed by atoms with Crippen molar-refractivity contribution < 1.29 is 9.15 Å². The first-order valence-electron chi connectivity index (χ1n) is 6.94. The molecule has 5 nitrogen and oxygen atoms in total. The largest absolute Gasteiger partial charge is 0.439 e. The van der Waals surface area contributed by atoms with Gasteiger partial charge in [-0.3, -0.25) is 4.90 Å². The minimum atomic E-state index is 0.590. The molecule has 20 heavy (non-hydrogen) atoms. The second-order valence-electron chi connectivity index (χ2n) is 5.46. The highest BCUT2D eigenvalue weighted by atomic mass is 16.5. The number of nitrogens with two attached hydrogens (primary N) is 1. The summed E-state index contributed by atoms with van der Waals surface area (Å²) in [6.45, 7) is 7.66. The van der Waals surface area contributed by atoms with Crippen LogP contribution in [0.2, 0.25) is 0 Å². The first-order valence-corrected chi connectivity index (χ1v) is 6.94. The van der Waals surface area contributed by atoms with Crippen LogP contribution >= 0.6 is 0 Å². The van der Waals surface area contributed by atoms with Crippen LogP contribution in [0.4, 0.5) is 5.69 Å². The fourth-order valence-electron chi connectivity index (χ4n) is 2.22. The molecule has 0 bridgehead atoms. The molecular formula is C15H23N3O2. The minimum absolute atomic E-state index is 0.590. The van der Waals surface area contributed by atoms with Crippen molar-refractivity contribution in [2.45, 2.75) is 20.4 Å². The molecule has 0 saturated heterocycles. The van der Waals surface area contributed by atoms with Gasteiger partial charge in [0.1, 0.15) is 5.52 Å². The molecule has 0 spiro atoms. The third-order valence-corrected chi connectivity index (χ3v) is 3.05. The monoisotopic (exact) mass is 277 g/mol. The predicted octanol–water partition coefficient (Wildman–Crippen LogP) is 2.51. The van der Waals surface area contributed by atoms with Gasteiger partial charge in [-0.25, -0.2) is 4.98 Å². The van der Waals surface area contributed by atoms with Gasteiger partial charge >= 0.3 is 0 Å². The number of fused-ring (bicyclic) bond motifs is 1. The average Bonchev–Trinajstić information content (AvgIpc) is 2.76. The second kappa shape index (κ2) is 6.72. The van der Waals surface area contributed by atoms with Gasteiger partial charge in [-0.15, -0.1) is 0 Å². The van der Waals surface area contributed by atoms with Crippen molar-refractivity contribution in [1.29, 1.82) is 0 Å². The third kappa shape index (κ3) is 3.95. The molecule has 110 valence electrons. The van der Waals surface area contributed by atoms with Crippen LogP contribution in [0.5, 0.6) is 0 Å².